The van der Waals surface area contributed by atoms with Crippen molar-refractivity contribution >= 4 is 22.6 Å². The van der Waals surface area contributed by atoms with E-state index in [-0.39, 0.29) is 0 Å². The molecule has 2 unspecified atom stereocenters. The van der Waals surface area contributed by atoms with Crippen LogP contribution in [-0.2, 0) is 12.4 Å². The zero-order valence-corrected chi connectivity index (χ0v) is 12.5. The van der Waals surface area contributed by atoms with Gasteiger partial charge >= 0.3 is 0 Å². The lowest BCUT2D eigenvalue weighted by Crippen LogP contribution is -2.14. The molecule has 2 atom stereocenters. The van der Waals surface area contributed by atoms with E-state index in [1.165, 1.54) is 30.3 Å². The Labute approximate surface area is 119 Å². The lowest BCUT2D eigenvalue weighted by atomic mass is 9.98. The molecule has 1 aromatic carbocycles. The topological polar surface area (TPSA) is 17.8 Å². The molecular formula is C16H21ClN2. The van der Waals surface area contributed by atoms with E-state index in [9.17, 15) is 0 Å². The Balaban J connectivity index is 2.00. The first kappa shape index (κ1) is 13.0. The highest BCUT2D eigenvalue weighted by Crippen LogP contribution is 2.33. The van der Waals surface area contributed by atoms with Crippen LogP contribution in [0.3, 0.4) is 0 Å². The number of rotatable bonds is 3. The van der Waals surface area contributed by atoms with Gasteiger partial charge in [-0.1, -0.05) is 25.8 Å². The molecule has 1 fully saturated rings. The zero-order chi connectivity index (χ0) is 13.4. The average Bonchev–Trinajstić information content (AvgIpc) is 2.94. The predicted octanol–water partition coefficient (Wildman–Crippen LogP) is 4.52. The molecular weight excluding hydrogens is 256 g/mol. The van der Waals surface area contributed by atoms with E-state index < -0.39 is 0 Å². The van der Waals surface area contributed by atoms with Crippen LogP contribution < -0.4 is 0 Å². The smallest absolute Gasteiger partial charge is 0.124 e. The lowest BCUT2D eigenvalue weighted by Gasteiger charge is -2.18. The molecule has 19 heavy (non-hydrogen) atoms. The van der Waals surface area contributed by atoms with E-state index >= 15 is 0 Å². The minimum absolute atomic E-state index is 0.495. The Hall–Kier alpha value is -1.02. The number of aromatic nitrogens is 2. The maximum Gasteiger partial charge on any atom is 0.124 e. The van der Waals surface area contributed by atoms with Crippen molar-refractivity contribution in [2.45, 2.75) is 45.5 Å². The van der Waals surface area contributed by atoms with Crippen LogP contribution >= 0.6 is 11.6 Å². The fraction of sp³-hybridized carbons (Fsp3) is 0.562. The first-order valence-electron chi connectivity index (χ1n) is 7.20. The van der Waals surface area contributed by atoms with Crippen molar-refractivity contribution in [1.29, 1.82) is 0 Å². The number of benzene rings is 1. The van der Waals surface area contributed by atoms with Crippen molar-refractivity contribution in [3.8, 4) is 0 Å². The number of hydrogen-bond acceptors (Lipinski definition) is 1. The molecule has 2 nitrogen and oxygen atoms in total. The van der Waals surface area contributed by atoms with E-state index in [1.54, 1.807) is 0 Å². The number of fused-ring (bicyclic) bond motifs is 1. The normalized spacial score (nSPS) is 23.3. The van der Waals surface area contributed by atoms with Crippen LogP contribution in [0.25, 0.3) is 11.0 Å². The van der Waals surface area contributed by atoms with E-state index in [1.807, 2.05) is 0 Å². The van der Waals surface area contributed by atoms with E-state index in [0.717, 1.165) is 29.7 Å². The molecule has 0 spiro atoms. The zero-order valence-electron chi connectivity index (χ0n) is 11.7. The summed E-state index contributed by atoms with van der Waals surface area (Å²) in [5, 5.41) is 0. The maximum absolute atomic E-state index is 6.08. The summed E-state index contributed by atoms with van der Waals surface area (Å²) in [4.78, 5) is 4.69. The Morgan fingerprint density at radius 2 is 2.21 bits per heavy atom. The first-order chi connectivity index (χ1) is 9.19. The van der Waals surface area contributed by atoms with Crippen molar-refractivity contribution in [3.05, 3.63) is 29.6 Å². The molecule has 0 saturated heterocycles. The minimum atomic E-state index is 0.495. The molecule has 0 amide bonds. The standard InChI is InChI=1S/C16H21ClN2/c1-11-6-7-15-14(8-11)18-16(9-17)19(15)10-13-5-3-4-12(13)2/h6-8,12-13H,3-5,9-10H2,1-2H3. The third-order valence-corrected chi connectivity index (χ3v) is 4.80. The Morgan fingerprint density at radius 1 is 1.37 bits per heavy atom. The summed E-state index contributed by atoms with van der Waals surface area (Å²) in [5.41, 5.74) is 3.58. The number of aryl methyl sites for hydroxylation is 1. The third-order valence-electron chi connectivity index (χ3n) is 4.56. The average molecular weight is 277 g/mol. The van der Waals surface area contributed by atoms with Crippen molar-refractivity contribution in [3.63, 3.8) is 0 Å². The Morgan fingerprint density at radius 3 is 2.89 bits per heavy atom. The van der Waals surface area contributed by atoms with Crippen LogP contribution in [0.2, 0.25) is 0 Å². The largest absolute Gasteiger partial charge is 0.327 e. The quantitative estimate of drug-likeness (QED) is 0.754. The molecule has 1 aliphatic rings. The second kappa shape index (κ2) is 5.16. The molecule has 3 rings (SSSR count). The van der Waals surface area contributed by atoms with Crippen LogP contribution in [0.15, 0.2) is 18.2 Å². The van der Waals surface area contributed by atoms with Gasteiger partial charge in [0, 0.05) is 6.54 Å². The molecule has 0 N–H and O–H groups in total. The number of nitrogens with zero attached hydrogens (tertiary/aromatic N) is 2. The summed E-state index contributed by atoms with van der Waals surface area (Å²) in [5.74, 6) is 3.11. The molecule has 0 bridgehead atoms. The molecule has 2 aromatic rings. The molecule has 0 aliphatic heterocycles. The lowest BCUT2D eigenvalue weighted by molar-refractivity contribution is 0.364. The second-order valence-electron chi connectivity index (χ2n) is 5.93. The van der Waals surface area contributed by atoms with Crippen molar-refractivity contribution in [1.82, 2.24) is 9.55 Å². The van der Waals surface area contributed by atoms with E-state index in [2.05, 4.69) is 36.6 Å². The number of imidazole rings is 1. The monoisotopic (exact) mass is 276 g/mol. The maximum atomic E-state index is 6.08. The summed E-state index contributed by atoms with van der Waals surface area (Å²) in [6, 6.07) is 6.50. The SMILES string of the molecule is Cc1ccc2c(c1)nc(CCl)n2CC1CCCC1C. The Bertz CT molecular complexity index is 588. The minimum Gasteiger partial charge on any atom is -0.327 e. The second-order valence-corrected chi connectivity index (χ2v) is 6.20. The fourth-order valence-corrected chi connectivity index (χ4v) is 3.53. The highest BCUT2D eigenvalue weighted by atomic mass is 35.5. The van der Waals surface area contributed by atoms with Gasteiger partial charge in [0.25, 0.3) is 0 Å². The van der Waals surface area contributed by atoms with E-state index in [4.69, 9.17) is 16.6 Å². The van der Waals surface area contributed by atoms with Gasteiger partial charge in [-0.05, 0) is 42.9 Å². The summed E-state index contributed by atoms with van der Waals surface area (Å²) in [7, 11) is 0. The molecule has 1 aromatic heterocycles. The van der Waals surface area contributed by atoms with Crippen LogP contribution in [-0.4, -0.2) is 9.55 Å². The summed E-state index contributed by atoms with van der Waals surface area (Å²) >= 11 is 6.08. The van der Waals surface area contributed by atoms with Crippen molar-refractivity contribution in [2.75, 3.05) is 0 Å². The Kier molecular flexibility index (Phi) is 3.53. The highest BCUT2D eigenvalue weighted by Gasteiger charge is 2.25. The third kappa shape index (κ3) is 2.38. The van der Waals surface area contributed by atoms with Gasteiger partial charge in [-0.25, -0.2) is 4.98 Å². The molecule has 1 aliphatic carbocycles. The van der Waals surface area contributed by atoms with Gasteiger partial charge in [0.2, 0.25) is 0 Å². The van der Waals surface area contributed by atoms with Crippen LogP contribution in [0, 0.1) is 18.8 Å². The molecule has 1 heterocycles. The molecule has 1 saturated carbocycles. The van der Waals surface area contributed by atoms with Gasteiger partial charge in [-0.15, -0.1) is 11.6 Å². The number of hydrogen-bond donors (Lipinski definition) is 0. The van der Waals surface area contributed by atoms with Crippen LogP contribution in [0.1, 0.15) is 37.6 Å². The molecule has 0 radical (unpaired) electrons. The number of halogens is 1. The summed E-state index contributed by atoms with van der Waals surface area (Å²) in [6.07, 6.45) is 4.08. The van der Waals surface area contributed by atoms with Crippen LogP contribution in [0.4, 0.5) is 0 Å². The van der Waals surface area contributed by atoms with E-state index in [0.29, 0.717) is 5.88 Å². The van der Waals surface area contributed by atoms with Gasteiger partial charge in [0.05, 0.1) is 16.9 Å². The van der Waals surface area contributed by atoms with Gasteiger partial charge in [-0.3, -0.25) is 0 Å². The predicted molar refractivity (Wildman–Crippen MR) is 80.5 cm³/mol. The molecule has 3 heteroatoms. The van der Waals surface area contributed by atoms with Crippen LogP contribution in [0.5, 0.6) is 0 Å². The first-order valence-corrected chi connectivity index (χ1v) is 7.74. The fourth-order valence-electron chi connectivity index (χ4n) is 3.32. The van der Waals surface area contributed by atoms with Gasteiger partial charge < -0.3 is 4.57 Å². The van der Waals surface area contributed by atoms with Gasteiger partial charge in [0.15, 0.2) is 0 Å². The van der Waals surface area contributed by atoms with Crippen molar-refractivity contribution < 1.29 is 0 Å². The van der Waals surface area contributed by atoms with Gasteiger partial charge in [-0.2, -0.15) is 0 Å². The summed E-state index contributed by atoms with van der Waals surface area (Å²) < 4.78 is 2.34. The highest BCUT2D eigenvalue weighted by molar-refractivity contribution is 6.16. The number of alkyl halides is 1. The summed E-state index contributed by atoms with van der Waals surface area (Å²) in [6.45, 7) is 5.56. The van der Waals surface area contributed by atoms with Crippen molar-refractivity contribution in [2.24, 2.45) is 11.8 Å². The van der Waals surface area contributed by atoms with Gasteiger partial charge in [0.1, 0.15) is 5.82 Å². The molecule has 102 valence electrons.